The Morgan fingerprint density at radius 1 is 0.964 bits per heavy atom. The van der Waals surface area contributed by atoms with Crippen LogP contribution in [0.4, 0.5) is 0 Å². The smallest absolute Gasteiger partial charge is 0.182 e. The first-order chi connectivity index (χ1) is 13.1. The molecule has 1 N–H and O–H groups in total. The van der Waals surface area contributed by atoms with Crippen LogP contribution in [0.5, 0.6) is 5.75 Å². The van der Waals surface area contributed by atoms with Gasteiger partial charge in [-0.2, -0.15) is 0 Å². The summed E-state index contributed by atoms with van der Waals surface area (Å²) in [5.74, 6) is -1.32. The molecule has 0 amide bonds. The van der Waals surface area contributed by atoms with Gasteiger partial charge < -0.3 is 5.11 Å². The van der Waals surface area contributed by atoms with Crippen LogP contribution >= 0.6 is 23.2 Å². The Bertz CT molecular complexity index is 1070. The number of benzene rings is 1. The standard InChI is InChI=1S/C18H19Cl2NO5S2/c19-13-5-12(6-14(20)7-13)10-27(23,24)11-17-18(22)8-16(9-21-17)28(25,26)15-3-1-2-4-15/h5-9,15,22H,1-4,10-11H2. The van der Waals surface area contributed by atoms with Gasteiger partial charge in [-0.05, 0) is 36.6 Å². The van der Waals surface area contributed by atoms with Gasteiger partial charge in [0, 0.05) is 22.3 Å². The summed E-state index contributed by atoms with van der Waals surface area (Å²) in [6, 6.07) is 5.57. The maximum atomic E-state index is 12.6. The van der Waals surface area contributed by atoms with E-state index in [4.69, 9.17) is 23.2 Å². The molecule has 0 atom stereocenters. The number of nitrogens with zero attached hydrogens (tertiary/aromatic N) is 1. The molecule has 1 aromatic heterocycles. The average molecular weight is 464 g/mol. The van der Waals surface area contributed by atoms with Crippen LogP contribution in [-0.4, -0.2) is 32.2 Å². The third-order valence-electron chi connectivity index (χ3n) is 4.66. The molecule has 28 heavy (non-hydrogen) atoms. The Labute approximate surface area is 174 Å². The number of halogens is 2. The summed E-state index contributed by atoms with van der Waals surface area (Å²) in [4.78, 5) is 3.83. The summed E-state index contributed by atoms with van der Waals surface area (Å²) in [6.45, 7) is 0. The molecule has 0 spiro atoms. The first kappa shape index (κ1) is 21.4. The summed E-state index contributed by atoms with van der Waals surface area (Å²) in [6.07, 6.45) is 4.00. The van der Waals surface area contributed by atoms with Crippen molar-refractivity contribution in [3.05, 3.63) is 51.8 Å². The van der Waals surface area contributed by atoms with Crippen LogP contribution < -0.4 is 0 Å². The summed E-state index contributed by atoms with van der Waals surface area (Å²) in [5.41, 5.74) is 0.316. The number of sulfone groups is 2. The highest BCUT2D eigenvalue weighted by atomic mass is 35.5. The fourth-order valence-electron chi connectivity index (χ4n) is 3.33. The first-order valence-corrected chi connectivity index (χ1v) is 12.8. The van der Waals surface area contributed by atoms with Gasteiger partial charge in [-0.25, -0.2) is 16.8 Å². The lowest BCUT2D eigenvalue weighted by Gasteiger charge is -2.12. The Morgan fingerprint density at radius 3 is 2.14 bits per heavy atom. The van der Waals surface area contributed by atoms with Crippen LogP contribution in [0.3, 0.4) is 0 Å². The van der Waals surface area contributed by atoms with Crippen molar-refractivity contribution in [2.24, 2.45) is 0 Å². The van der Waals surface area contributed by atoms with Crippen molar-refractivity contribution in [1.82, 2.24) is 4.98 Å². The van der Waals surface area contributed by atoms with Gasteiger partial charge in [-0.3, -0.25) is 4.98 Å². The molecule has 0 saturated heterocycles. The van der Waals surface area contributed by atoms with Gasteiger partial charge in [0.2, 0.25) is 0 Å². The van der Waals surface area contributed by atoms with Crippen LogP contribution in [0.15, 0.2) is 35.4 Å². The highest BCUT2D eigenvalue weighted by Crippen LogP contribution is 2.31. The molecule has 1 aliphatic rings. The Kier molecular flexibility index (Phi) is 6.24. The zero-order chi connectivity index (χ0) is 20.5. The molecule has 1 aliphatic carbocycles. The molecular weight excluding hydrogens is 445 g/mol. The summed E-state index contributed by atoms with van der Waals surface area (Å²) < 4.78 is 50.1. The molecule has 3 rings (SSSR count). The third-order valence-corrected chi connectivity index (χ3v) is 8.81. The lowest BCUT2D eigenvalue weighted by Crippen LogP contribution is -2.18. The highest BCUT2D eigenvalue weighted by Gasteiger charge is 2.31. The molecule has 6 nitrogen and oxygen atoms in total. The van der Waals surface area contributed by atoms with Gasteiger partial charge in [0.25, 0.3) is 0 Å². The van der Waals surface area contributed by atoms with Crippen molar-refractivity contribution in [3.63, 3.8) is 0 Å². The fraction of sp³-hybridized carbons (Fsp3) is 0.389. The summed E-state index contributed by atoms with van der Waals surface area (Å²) in [7, 11) is -7.28. The Hall–Kier alpha value is -1.35. The second-order valence-electron chi connectivity index (χ2n) is 6.90. The number of aromatic hydroxyl groups is 1. The minimum absolute atomic E-state index is 0.0836. The summed E-state index contributed by atoms with van der Waals surface area (Å²) in [5, 5.41) is 10.3. The monoisotopic (exact) mass is 463 g/mol. The molecule has 0 unspecified atom stereocenters. The zero-order valence-electron chi connectivity index (χ0n) is 14.8. The van der Waals surface area contributed by atoms with Crippen LogP contribution in [0.1, 0.15) is 36.9 Å². The normalized spacial score (nSPS) is 15.8. The van der Waals surface area contributed by atoms with Crippen molar-refractivity contribution in [1.29, 1.82) is 0 Å². The van der Waals surface area contributed by atoms with E-state index in [9.17, 15) is 21.9 Å². The largest absolute Gasteiger partial charge is 0.506 e. The van der Waals surface area contributed by atoms with Gasteiger partial charge >= 0.3 is 0 Å². The number of aromatic nitrogens is 1. The second kappa shape index (κ2) is 8.18. The lowest BCUT2D eigenvalue weighted by atomic mass is 10.2. The van der Waals surface area contributed by atoms with Crippen molar-refractivity contribution >= 4 is 42.9 Å². The quantitative estimate of drug-likeness (QED) is 0.695. The van der Waals surface area contributed by atoms with E-state index in [1.807, 2.05) is 0 Å². The van der Waals surface area contributed by atoms with E-state index >= 15 is 0 Å². The lowest BCUT2D eigenvalue weighted by molar-refractivity contribution is 0.463. The van der Waals surface area contributed by atoms with Crippen molar-refractivity contribution < 1.29 is 21.9 Å². The van der Waals surface area contributed by atoms with Gasteiger partial charge in [0.05, 0.1) is 27.3 Å². The molecule has 0 aliphatic heterocycles. The molecule has 1 heterocycles. The minimum atomic E-state index is -3.70. The van der Waals surface area contributed by atoms with E-state index < -0.39 is 36.4 Å². The molecule has 0 radical (unpaired) electrons. The minimum Gasteiger partial charge on any atom is -0.506 e. The van der Waals surface area contributed by atoms with Crippen molar-refractivity contribution in [3.8, 4) is 5.75 Å². The molecule has 10 heteroatoms. The zero-order valence-corrected chi connectivity index (χ0v) is 18.0. The van der Waals surface area contributed by atoms with Gasteiger partial charge in [0.15, 0.2) is 19.7 Å². The second-order valence-corrected chi connectivity index (χ2v) is 12.1. The van der Waals surface area contributed by atoms with Crippen molar-refractivity contribution in [2.75, 3.05) is 0 Å². The maximum Gasteiger partial charge on any atom is 0.182 e. The Morgan fingerprint density at radius 2 is 1.57 bits per heavy atom. The molecule has 1 fully saturated rings. The predicted octanol–water partition coefficient (Wildman–Crippen LogP) is 3.93. The fourth-order valence-corrected chi connectivity index (χ4v) is 7.13. The molecule has 1 saturated carbocycles. The van der Waals surface area contributed by atoms with Crippen molar-refractivity contribution in [2.45, 2.75) is 47.3 Å². The average Bonchev–Trinajstić information content (AvgIpc) is 3.10. The van der Waals surface area contributed by atoms with E-state index in [0.717, 1.165) is 25.1 Å². The first-order valence-electron chi connectivity index (χ1n) is 8.64. The highest BCUT2D eigenvalue weighted by molar-refractivity contribution is 7.92. The number of hydrogen-bond donors (Lipinski definition) is 1. The SMILES string of the molecule is O=S(=O)(Cc1cc(Cl)cc(Cl)c1)Cc1ncc(S(=O)(=O)C2CCCC2)cc1O. The van der Waals surface area contributed by atoms with Crippen LogP contribution in [0.2, 0.25) is 10.0 Å². The topological polar surface area (TPSA) is 101 Å². The predicted molar refractivity (Wildman–Crippen MR) is 108 cm³/mol. The van der Waals surface area contributed by atoms with E-state index in [0.29, 0.717) is 28.5 Å². The third kappa shape index (κ3) is 4.97. The number of hydrogen-bond acceptors (Lipinski definition) is 6. The van der Waals surface area contributed by atoms with E-state index in [-0.39, 0.29) is 16.3 Å². The molecule has 1 aromatic carbocycles. The molecule has 0 bridgehead atoms. The van der Waals surface area contributed by atoms with Crippen LogP contribution in [-0.2, 0) is 31.2 Å². The Balaban J connectivity index is 1.80. The van der Waals surface area contributed by atoms with Gasteiger partial charge in [-0.15, -0.1) is 0 Å². The number of pyridine rings is 1. The van der Waals surface area contributed by atoms with E-state index in [1.54, 1.807) is 0 Å². The van der Waals surface area contributed by atoms with Gasteiger partial charge in [0.1, 0.15) is 5.75 Å². The molecule has 2 aromatic rings. The van der Waals surface area contributed by atoms with Crippen LogP contribution in [0.25, 0.3) is 0 Å². The molecule has 152 valence electrons. The van der Waals surface area contributed by atoms with E-state index in [2.05, 4.69) is 4.98 Å². The van der Waals surface area contributed by atoms with Crippen LogP contribution in [0, 0.1) is 0 Å². The summed E-state index contributed by atoms with van der Waals surface area (Å²) >= 11 is 11.8. The van der Waals surface area contributed by atoms with E-state index in [1.165, 1.54) is 18.2 Å². The number of rotatable bonds is 6. The van der Waals surface area contributed by atoms with Gasteiger partial charge in [-0.1, -0.05) is 36.0 Å². The maximum absolute atomic E-state index is 12.6. The molecular formula is C18H19Cl2NO5S2.